The van der Waals surface area contributed by atoms with E-state index in [1.165, 1.54) is 0 Å². The van der Waals surface area contributed by atoms with Gasteiger partial charge in [0.2, 0.25) is 5.89 Å². The molecule has 0 amide bonds. The Morgan fingerprint density at radius 2 is 2.12 bits per heavy atom. The summed E-state index contributed by atoms with van der Waals surface area (Å²) in [5.41, 5.74) is 0. The molecule has 0 aromatic carbocycles. The van der Waals surface area contributed by atoms with Crippen LogP contribution < -0.4 is 5.32 Å². The van der Waals surface area contributed by atoms with Crippen molar-refractivity contribution in [3.63, 3.8) is 0 Å². The summed E-state index contributed by atoms with van der Waals surface area (Å²) in [5, 5.41) is 17.4. The molecule has 2 aromatic rings. The van der Waals surface area contributed by atoms with Crippen LogP contribution in [0.2, 0.25) is 0 Å². The van der Waals surface area contributed by atoms with Gasteiger partial charge in [-0.25, -0.2) is 0 Å². The lowest BCUT2D eigenvalue weighted by Crippen LogP contribution is -2.29. The van der Waals surface area contributed by atoms with Gasteiger partial charge in [0.1, 0.15) is 5.82 Å². The van der Waals surface area contributed by atoms with Crippen molar-refractivity contribution in [3.05, 3.63) is 17.5 Å². The molecule has 0 spiro atoms. The molecule has 0 saturated carbocycles. The Bertz CT molecular complexity index is 706. The molecule has 1 N–H and O–H groups in total. The first-order chi connectivity index (χ1) is 12.8. The van der Waals surface area contributed by atoms with Crippen LogP contribution in [0, 0.1) is 0 Å². The summed E-state index contributed by atoms with van der Waals surface area (Å²) < 4.78 is 13.4. The van der Waals surface area contributed by atoms with Crippen molar-refractivity contribution >= 4 is 11.8 Å². The van der Waals surface area contributed by atoms with Crippen molar-refractivity contribution in [2.24, 2.45) is 0 Å². The van der Waals surface area contributed by atoms with Gasteiger partial charge in [0.15, 0.2) is 11.0 Å². The molecule has 142 valence electrons. The van der Waals surface area contributed by atoms with Crippen LogP contribution in [0.15, 0.2) is 9.68 Å². The van der Waals surface area contributed by atoms with Crippen LogP contribution in [0.3, 0.4) is 0 Å². The van der Waals surface area contributed by atoms with E-state index in [0.717, 1.165) is 75.2 Å². The summed E-state index contributed by atoms with van der Waals surface area (Å²) in [4.78, 5) is 4.38. The van der Waals surface area contributed by atoms with E-state index in [0.29, 0.717) is 17.6 Å². The van der Waals surface area contributed by atoms with Crippen molar-refractivity contribution in [3.8, 4) is 0 Å². The SMILES string of the molecule is CCc1noc(CSc2nnc(C3CCNCC3)n2CC2CCCO2)n1. The largest absolute Gasteiger partial charge is 0.376 e. The molecular formula is C17H26N6O2S. The van der Waals surface area contributed by atoms with E-state index in [1.54, 1.807) is 11.8 Å². The molecule has 26 heavy (non-hydrogen) atoms. The van der Waals surface area contributed by atoms with E-state index < -0.39 is 0 Å². The Morgan fingerprint density at radius 1 is 1.23 bits per heavy atom. The van der Waals surface area contributed by atoms with Gasteiger partial charge >= 0.3 is 0 Å². The Morgan fingerprint density at radius 3 is 2.85 bits per heavy atom. The highest BCUT2D eigenvalue weighted by Gasteiger charge is 2.26. The third kappa shape index (κ3) is 4.10. The molecule has 4 rings (SSSR count). The zero-order chi connectivity index (χ0) is 17.8. The van der Waals surface area contributed by atoms with E-state index in [2.05, 4.69) is 30.2 Å². The summed E-state index contributed by atoms with van der Waals surface area (Å²) in [6.45, 7) is 5.80. The molecule has 1 atom stereocenters. The van der Waals surface area contributed by atoms with Crippen molar-refractivity contribution in [2.45, 2.75) is 68.5 Å². The summed E-state index contributed by atoms with van der Waals surface area (Å²) in [6.07, 6.45) is 5.51. The molecule has 0 aliphatic carbocycles. The number of piperidine rings is 1. The average molecular weight is 379 g/mol. The predicted octanol–water partition coefficient (Wildman–Crippen LogP) is 2.16. The van der Waals surface area contributed by atoms with Gasteiger partial charge in [-0.05, 0) is 38.8 Å². The number of hydrogen-bond acceptors (Lipinski definition) is 8. The summed E-state index contributed by atoms with van der Waals surface area (Å²) in [6, 6.07) is 0. The van der Waals surface area contributed by atoms with E-state index in [-0.39, 0.29) is 6.10 Å². The zero-order valence-corrected chi connectivity index (χ0v) is 16.0. The van der Waals surface area contributed by atoms with Gasteiger partial charge in [-0.1, -0.05) is 23.8 Å². The van der Waals surface area contributed by atoms with Gasteiger partial charge in [-0.15, -0.1) is 10.2 Å². The van der Waals surface area contributed by atoms with Crippen LogP contribution in [-0.4, -0.2) is 50.7 Å². The van der Waals surface area contributed by atoms with Crippen LogP contribution in [0.5, 0.6) is 0 Å². The van der Waals surface area contributed by atoms with Crippen molar-refractivity contribution in [1.29, 1.82) is 0 Å². The molecule has 8 nitrogen and oxygen atoms in total. The monoisotopic (exact) mass is 378 g/mol. The highest BCUT2D eigenvalue weighted by atomic mass is 32.2. The van der Waals surface area contributed by atoms with Crippen LogP contribution in [0.25, 0.3) is 0 Å². The van der Waals surface area contributed by atoms with Crippen LogP contribution in [0.4, 0.5) is 0 Å². The number of hydrogen-bond donors (Lipinski definition) is 1. The third-order valence-corrected chi connectivity index (χ3v) is 5.96. The predicted molar refractivity (Wildman–Crippen MR) is 97.1 cm³/mol. The molecule has 2 fully saturated rings. The number of rotatable bonds is 7. The van der Waals surface area contributed by atoms with E-state index in [4.69, 9.17) is 9.26 Å². The maximum atomic E-state index is 5.87. The average Bonchev–Trinajstić information content (AvgIpc) is 3.42. The molecule has 2 saturated heterocycles. The van der Waals surface area contributed by atoms with Gasteiger partial charge in [0.05, 0.1) is 18.4 Å². The number of thioether (sulfide) groups is 1. The fourth-order valence-corrected chi connectivity index (χ4v) is 4.36. The normalized spacial score (nSPS) is 21.5. The molecule has 1 unspecified atom stereocenters. The topological polar surface area (TPSA) is 90.9 Å². The highest BCUT2D eigenvalue weighted by Crippen LogP contribution is 2.30. The van der Waals surface area contributed by atoms with Gasteiger partial charge < -0.3 is 19.1 Å². The Hall–Kier alpha value is -1.45. The number of ether oxygens (including phenoxy) is 1. The summed E-state index contributed by atoms with van der Waals surface area (Å²) in [7, 11) is 0. The number of nitrogens with one attached hydrogen (secondary N) is 1. The second-order valence-corrected chi connectivity index (χ2v) is 7.80. The van der Waals surface area contributed by atoms with E-state index in [1.807, 2.05) is 6.92 Å². The van der Waals surface area contributed by atoms with E-state index >= 15 is 0 Å². The maximum Gasteiger partial charge on any atom is 0.237 e. The minimum absolute atomic E-state index is 0.265. The first-order valence-corrected chi connectivity index (χ1v) is 10.5. The van der Waals surface area contributed by atoms with Gasteiger partial charge in [-0.3, -0.25) is 0 Å². The molecule has 0 radical (unpaired) electrons. The first-order valence-electron chi connectivity index (χ1n) is 9.53. The molecular weight excluding hydrogens is 352 g/mol. The Balaban J connectivity index is 1.50. The molecule has 2 aromatic heterocycles. The van der Waals surface area contributed by atoms with Crippen molar-refractivity contribution in [2.75, 3.05) is 19.7 Å². The van der Waals surface area contributed by atoms with Gasteiger partial charge in [0, 0.05) is 18.9 Å². The lowest BCUT2D eigenvalue weighted by Gasteiger charge is -2.23. The second kappa shape index (κ2) is 8.49. The first kappa shape index (κ1) is 17.9. The van der Waals surface area contributed by atoms with Crippen LogP contribution >= 0.6 is 11.8 Å². The Kier molecular flexibility index (Phi) is 5.86. The maximum absolute atomic E-state index is 5.87. The zero-order valence-electron chi connectivity index (χ0n) is 15.2. The van der Waals surface area contributed by atoms with Gasteiger partial charge in [-0.2, -0.15) is 4.98 Å². The fourth-order valence-electron chi connectivity index (χ4n) is 3.57. The Labute approximate surface area is 157 Å². The van der Waals surface area contributed by atoms with E-state index in [9.17, 15) is 0 Å². The number of nitrogens with zero attached hydrogens (tertiary/aromatic N) is 5. The molecule has 2 aliphatic rings. The van der Waals surface area contributed by atoms with Crippen molar-refractivity contribution in [1.82, 2.24) is 30.2 Å². The van der Waals surface area contributed by atoms with Gasteiger partial charge in [0.25, 0.3) is 0 Å². The smallest absolute Gasteiger partial charge is 0.237 e. The quantitative estimate of drug-likeness (QED) is 0.733. The summed E-state index contributed by atoms with van der Waals surface area (Å²) in [5.74, 6) is 3.57. The molecule has 0 bridgehead atoms. The summed E-state index contributed by atoms with van der Waals surface area (Å²) >= 11 is 1.61. The molecule has 2 aliphatic heterocycles. The number of aromatic nitrogens is 5. The minimum atomic E-state index is 0.265. The fraction of sp³-hybridized carbons (Fsp3) is 0.765. The lowest BCUT2D eigenvalue weighted by molar-refractivity contribution is 0.0936. The molecule has 9 heteroatoms. The van der Waals surface area contributed by atoms with Crippen LogP contribution in [0.1, 0.15) is 56.1 Å². The standard InChI is InChI=1S/C17H26N6O2S/c1-2-14-19-15(25-22-14)11-26-17-21-20-16(12-5-7-18-8-6-12)23(17)10-13-4-3-9-24-13/h12-13,18H,2-11H2,1H3. The number of aryl methyl sites for hydroxylation is 1. The van der Waals surface area contributed by atoms with Crippen LogP contribution in [-0.2, 0) is 23.5 Å². The van der Waals surface area contributed by atoms with Crippen molar-refractivity contribution < 1.29 is 9.26 Å². The minimum Gasteiger partial charge on any atom is -0.376 e. The second-order valence-electron chi connectivity index (χ2n) is 6.86. The third-order valence-electron chi connectivity index (χ3n) is 5.01. The molecule has 4 heterocycles. The lowest BCUT2D eigenvalue weighted by atomic mass is 9.97. The highest BCUT2D eigenvalue weighted by molar-refractivity contribution is 7.98.